The maximum absolute atomic E-state index is 13.6. The number of hydrogen-bond acceptors (Lipinski definition) is 4. The van der Waals surface area contributed by atoms with Gasteiger partial charge in [0.2, 0.25) is 11.8 Å². The van der Waals surface area contributed by atoms with Crippen LogP contribution in [0, 0.1) is 5.92 Å². The summed E-state index contributed by atoms with van der Waals surface area (Å²) >= 11 is 7.20. The van der Waals surface area contributed by atoms with E-state index in [1.807, 2.05) is 0 Å². The number of likely N-dealkylation sites (tertiary alicyclic amines) is 1. The normalized spacial score (nSPS) is 23.6. The van der Waals surface area contributed by atoms with Gasteiger partial charge < -0.3 is 9.64 Å². The molecule has 2 heterocycles. The number of anilines is 1. The predicted molar refractivity (Wildman–Crippen MR) is 142 cm³/mol. The van der Waals surface area contributed by atoms with Crippen molar-refractivity contribution in [1.29, 1.82) is 0 Å². The first-order valence-electron chi connectivity index (χ1n) is 12.4. The molecule has 2 aromatic carbocycles. The van der Waals surface area contributed by atoms with Crippen LogP contribution in [-0.4, -0.2) is 46.6 Å². The van der Waals surface area contributed by atoms with Crippen molar-refractivity contribution >= 4 is 40.9 Å². The number of alkyl halides is 3. The topological polar surface area (TPSA) is 49.9 Å². The molecule has 1 unspecified atom stereocenters. The van der Waals surface area contributed by atoms with E-state index in [9.17, 15) is 22.8 Å². The third-order valence-electron chi connectivity index (χ3n) is 6.90. The van der Waals surface area contributed by atoms with Crippen LogP contribution in [0.2, 0.25) is 5.02 Å². The monoisotopic (exact) mass is 562 g/mol. The van der Waals surface area contributed by atoms with Crippen molar-refractivity contribution < 1.29 is 27.5 Å². The molecule has 200 valence electrons. The number of benzene rings is 2. The smallest absolute Gasteiger partial charge is 0.412 e. The predicted octanol–water partition coefficient (Wildman–Crippen LogP) is 6.98. The minimum Gasteiger partial charge on any atom is -0.457 e. The van der Waals surface area contributed by atoms with Crippen molar-refractivity contribution in [3.63, 3.8) is 0 Å². The third kappa shape index (κ3) is 5.89. The molecule has 0 radical (unpaired) electrons. The Hall–Kier alpha value is -2.91. The van der Waals surface area contributed by atoms with Crippen LogP contribution in [-0.2, 0) is 9.59 Å². The van der Waals surface area contributed by atoms with Crippen LogP contribution in [0.15, 0.2) is 72.3 Å². The van der Waals surface area contributed by atoms with Crippen LogP contribution in [0.1, 0.15) is 25.7 Å². The minimum atomic E-state index is -4.44. The van der Waals surface area contributed by atoms with Gasteiger partial charge >= 0.3 is 6.18 Å². The Balaban J connectivity index is 1.38. The molecular weight excluding hydrogens is 537 g/mol. The number of carbonyl (C=O) groups is 2. The highest BCUT2D eigenvalue weighted by molar-refractivity contribution is 8.02. The first-order valence-corrected chi connectivity index (χ1v) is 13.8. The van der Waals surface area contributed by atoms with Crippen molar-refractivity contribution in [2.45, 2.75) is 42.5 Å². The molecule has 3 atom stereocenters. The van der Waals surface area contributed by atoms with Gasteiger partial charge in [0.1, 0.15) is 11.5 Å². The second-order valence-electron chi connectivity index (χ2n) is 9.51. The van der Waals surface area contributed by atoms with Gasteiger partial charge in [0, 0.05) is 41.7 Å². The number of allylic oxidation sites excluding steroid dienone is 3. The fourth-order valence-electron chi connectivity index (χ4n) is 4.95. The van der Waals surface area contributed by atoms with E-state index in [0.29, 0.717) is 35.3 Å². The van der Waals surface area contributed by atoms with Gasteiger partial charge in [-0.15, -0.1) is 11.8 Å². The second kappa shape index (κ2) is 11.1. The summed E-state index contributed by atoms with van der Waals surface area (Å²) in [5.74, 6) is 0.216. The lowest BCUT2D eigenvalue weighted by Gasteiger charge is -2.31. The van der Waals surface area contributed by atoms with Gasteiger partial charge in [0.15, 0.2) is 0 Å². The zero-order valence-electron chi connectivity index (χ0n) is 20.4. The molecular formula is C28H26ClF3N2O3S. The van der Waals surface area contributed by atoms with Crippen LogP contribution >= 0.6 is 23.4 Å². The summed E-state index contributed by atoms with van der Waals surface area (Å²) in [6.45, 7) is 1.36. The molecule has 2 saturated heterocycles. The molecule has 0 aromatic heterocycles. The highest BCUT2D eigenvalue weighted by Gasteiger charge is 2.47. The quantitative estimate of drug-likeness (QED) is 0.381. The molecule has 38 heavy (non-hydrogen) atoms. The molecule has 2 fully saturated rings. The highest BCUT2D eigenvalue weighted by atomic mass is 35.5. The largest absolute Gasteiger partial charge is 0.457 e. The van der Waals surface area contributed by atoms with Crippen LogP contribution in [0.5, 0.6) is 11.5 Å². The molecule has 10 heteroatoms. The van der Waals surface area contributed by atoms with Crippen LogP contribution in [0.4, 0.5) is 18.9 Å². The van der Waals surface area contributed by atoms with Crippen molar-refractivity contribution in [2.75, 3.05) is 18.0 Å². The maximum atomic E-state index is 13.6. The number of amides is 2. The van der Waals surface area contributed by atoms with E-state index in [2.05, 4.69) is 0 Å². The first kappa shape index (κ1) is 26.7. The Labute approximate surface area is 228 Å². The van der Waals surface area contributed by atoms with Crippen LogP contribution in [0.3, 0.4) is 0 Å². The zero-order chi connectivity index (χ0) is 26.9. The Morgan fingerprint density at radius 3 is 2.29 bits per heavy atom. The lowest BCUT2D eigenvalue weighted by atomic mass is 9.93. The molecule has 0 saturated carbocycles. The standard InChI is InChI=1S/C28H26ClF3N2O3S/c29-20-6-10-22(11-7-20)37-23-12-8-21(9-13-23)34-26(36)24(17-25(35)33-14-1-2-15-33)38-27(34)18-4-3-5-19(16-18)28(30,31)32/h3-13,18,24,27H,1-2,14-17H2/t18?,24-,27+/m1/s1. The van der Waals surface area contributed by atoms with E-state index in [-0.39, 0.29) is 24.7 Å². The third-order valence-corrected chi connectivity index (χ3v) is 8.68. The summed E-state index contributed by atoms with van der Waals surface area (Å²) in [4.78, 5) is 29.8. The summed E-state index contributed by atoms with van der Waals surface area (Å²) in [5, 5.41) is -0.655. The molecule has 2 aromatic rings. The van der Waals surface area contributed by atoms with Crippen LogP contribution in [0.25, 0.3) is 0 Å². The van der Waals surface area contributed by atoms with Gasteiger partial charge in [-0.2, -0.15) is 13.2 Å². The molecule has 2 aliphatic heterocycles. The van der Waals surface area contributed by atoms with Crippen LogP contribution < -0.4 is 9.64 Å². The maximum Gasteiger partial charge on any atom is 0.412 e. The zero-order valence-corrected chi connectivity index (χ0v) is 21.9. The highest BCUT2D eigenvalue weighted by Crippen LogP contribution is 2.46. The summed E-state index contributed by atoms with van der Waals surface area (Å²) in [7, 11) is 0. The minimum absolute atomic E-state index is 0.0344. The van der Waals surface area contributed by atoms with Gasteiger partial charge in [-0.1, -0.05) is 29.8 Å². The van der Waals surface area contributed by atoms with Gasteiger partial charge in [0.05, 0.1) is 10.6 Å². The van der Waals surface area contributed by atoms with Crippen molar-refractivity contribution in [3.05, 3.63) is 77.4 Å². The van der Waals surface area contributed by atoms with E-state index in [4.69, 9.17) is 16.3 Å². The number of thioether (sulfide) groups is 1. The van der Waals surface area contributed by atoms with Crippen molar-refractivity contribution in [1.82, 2.24) is 4.90 Å². The number of ether oxygens (including phenoxy) is 1. The number of halogens is 4. The molecule has 1 aliphatic carbocycles. The molecule has 3 aliphatic rings. The Bertz CT molecular complexity index is 1240. The second-order valence-corrected chi connectivity index (χ2v) is 11.3. The molecule has 5 rings (SSSR count). The Morgan fingerprint density at radius 2 is 1.66 bits per heavy atom. The fraction of sp³-hybridized carbons (Fsp3) is 0.357. The number of carbonyl (C=O) groups excluding carboxylic acids is 2. The summed E-state index contributed by atoms with van der Waals surface area (Å²) in [6, 6.07) is 13.7. The first-order chi connectivity index (χ1) is 18.2. The molecule has 0 bridgehead atoms. The average Bonchev–Trinajstić information content (AvgIpc) is 3.55. The lowest BCUT2D eigenvalue weighted by Crippen LogP contribution is -2.39. The van der Waals surface area contributed by atoms with E-state index in [1.54, 1.807) is 64.4 Å². The summed E-state index contributed by atoms with van der Waals surface area (Å²) in [6.07, 6.45) is 1.46. The Kier molecular flexibility index (Phi) is 7.77. The van der Waals surface area contributed by atoms with Gasteiger partial charge in [-0.3, -0.25) is 14.5 Å². The number of rotatable bonds is 6. The SMILES string of the molecule is O=C(C[C@H]1S[C@@H](C2C=CC=C(C(F)(F)F)C2)N(c2ccc(Oc3ccc(Cl)cc3)cc2)C1=O)N1CCCC1. The average molecular weight is 563 g/mol. The summed E-state index contributed by atoms with van der Waals surface area (Å²) in [5.41, 5.74) is -0.0788. The fourth-order valence-corrected chi connectivity index (χ4v) is 6.62. The van der Waals surface area contributed by atoms with Crippen molar-refractivity contribution in [2.24, 2.45) is 5.92 Å². The van der Waals surface area contributed by atoms with Crippen molar-refractivity contribution in [3.8, 4) is 11.5 Å². The lowest BCUT2D eigenvalue weighted by molar-refractivity contribution is -0.131. The summed E-state index contributed by atoms with van der Waals surface area (Å²) < 4.78 is 46.4. The Morgan fingerprint density at radius 1 is 1.03 bits per heavy atom. The molecule has 2 amide bonds. The van der Waals surface area contributed by atoms with Gasteiger partial charge in [0.25, 0.3) is 0 Å². The van der Waals surface area contributed by atoms with E-state index in [1.165, 1.54) is 17.8 Å². The van der Waals surface area contributed by atoms with E-state index in [0.717, 1.165) is 18.9 Å². The number of nitrogens with zero attached hydrogens (tertiary/aromatic N) is 2. The van der Waals surface area contributed by atoms with E-state index >= 15 is 0 Å². The molecule has 0 N–H and O–H groups in total. The molecule has 5 nitrogen and oxygen atoms in total. The van der Waals surface area contributed by atoms with Gasteiger partial charge in [-0.05, 0) is 67.8 Å². The number of hydrogen-bond donors (Lipinski definition) is 0. The molecule has 0 spiro atoms. The van der Waals surface area contributed by atoms with Gasteiger partial charge in [-0.25, -0.2) is 0 Å². The van der Waals surface area contributed by atoms with E-state index < -0.39 is 28.3 Å².